The maximum absolute atomic E-state index is 4.68. The summed E-state index contributed by atoms with van der Waals surface area (Å²) in [5.74, 6) is 0. The molecule has 1 aliphatic carbocycles. The molecule has 0 bridgehead atoms. The third-order valence-electron chi connectivity index (χ3n) is 3.89. The van der Waals surface area contributed by atoms with Crippen LogP contribution in [-0.4, -0.2) is 5.25 Å². The van der Waals surface area contributed by atoms with Crippen LogP contribution < -0.4 is 0 Å². The summed E-state index contributed by atoms with van der Waals surface area (Å²) < 4.78 is 0. The van der Waals surface area contributed by atoms with Gasteiger partial charge in [0.2, 0.25) is 0 Å². The van der Waals surface area contributed by atoms with Gasteiger partial charge in [-0.05, 0) is 51.4 Å². The van der Waals surface area contributed by atoms with Gasteiger partial charge >= 0.3 is 0 Å². The quantitative estimate of drug-likeness (QED) is 0.381. The van der Waals surface area contributed by atoms with Crippen molar-refractivity contribution in [1.29, 1.82) is 0 Å². The molecule has 0 aromatic heterocycles. The first-order chi connectivity index (χ1) is 9.39. The first kappa shape index (κ1) is 16.9. The van der Waals surface area contributed by atoms with Crippen molar-refractivity contribution in [3.05, 3.63) is 24.3 Å². The minimum absolute atomic E-state index is 0.579. The summed E-state index contributed by atoms with van der Waals surface area (Å²) in [7, 11) is 0. The lowest BCUT2D eigenvalue weighted by Crippen LogP contribution is -1.96. The van der Waals surface area contributed by atoms with Crippen molar-refractivity contribution in [2.24, 2.45) is 0 Å². The predicted molar refractivity (Wildman–Crippen MR) is 91.1 cm³/mol. The van der Waals surface area contributed by atoms with E-state index < -0.39 is 0 Å². The van der Waals surface area contributed by atoms with Gasteiger partial charge in [0.05, 0.1) is 0 Å². The summed E-state index contributed by atoms with van der Waals surface area (Å²) >= 11 is 4.68. The summed E-state index contributed by atoms with van der Waals surface area (Å²) in [5.41, 5.74) is 0. The molecule has 0 aromatic rings. The van der Waals surface area contributed by atoms with Crippen LogP contribution in [0.1, 0.15) is 83.5 Å². The smallest absolute Gasteiger partial charge is 0.00513 e. The minimum atomic E-state index is 0.579. The Labute approximate surface area is 126 Å². The minimum Gasteiger partial charge on any atom is -0.176 e. The van der Waals surface area contributed by atoms with Crippen LogP contribution in [0.15, 0.2) is 24.3 Å². The molecule has 0 saturated heterocycles. The van der Waals surface area contributed by atoms with E-state index in [1.54, 1.807) is 0 Å². The molecule has 0 fully saturated rings. The molecule has 0 radical (unpaired) electrons. The lowest BCUT2D eigenvalue weighted by molar-refractivity contribution is 0.605. The van der Waals surface area contributed by atoms with Crippen molar-refractivity contribution in [3.8, 4) is 0 Å². The Morgan fingerprint density at radius 1 is 0.579 bits per heavy atom. The number of hydrogen-bond acceptors (Lipinski definition) is 1. The van der Waals surface area contributed by atoms with E-state index in [9.17, 15) is 0 Å². The van der Waals surface area contributed by atoms with Gasteiger partial charge in [0, 0.05) is 5.25 Å². The van der Waals surface area contributed by atoms with Crippen LogP contribution in [0.5, 0.6) is 0 Å². The fourth-order valence-electron chi connectivity index (χ4n) is 2.60. The lowest BCUT2D eigenvalue weighted by atomic mass is 10.1. The zero-order valence-corrected chi connectivity index (χ0v) is 13.4. The van der Waals surface area contributed by atoms with Gasteiger partial charge in [0.25, 0.3) is 0 Å². The maximum Gasteiger partial charge on any atom is 0.00513 e. The second kappa shape index (κ2) is 12.8. The molecule has 19 heavy (non-hydrogen) atoms. The molecule has 1 aliphatic rings. The highest BCUT2D eigenvalue weighted by Crippen LogP contribution is 2.15. The van der Waals surface area contributed by atoms with Gasteiger partial charge in [-0.3, -0.25) is 0 Å². The lowest BCUT2D eigenvalue weighted by Gasteiger charge is -2.07. The van der Waals surface area contributed by atoms with Crippen LogP contribution >= 0.6 is 12.6 Å². The van der Waals surface area contributed by atoms with Crippen LogP contribution in [-0.2, 0) is 0 Å². The first-order valence-corrected chi connectivity index (χ1v) is 8.89. The van der Waals surface area contributed by atoms with E-state index in [-0.39, 0.29) is 0 Å². The number of thiol groups is 1. The van der Waals surface area contributed by atoms with E-state index in [4.69, 9.17) is 0 Å². The molecule has 0 spiro atoms. The normalized spacial score (nSPS) is 29.0. The van der Waals surface area contributed by atoms with Gasteiger partial charge < -0.3 is 0 Å². The molecule has 0 aromatic carbocycles. The average molecular weight is 281 g/mol. The molecule has 1 rings (SSSR count). The van der Waals surface area contributed by atoms with E-state index in [2.05, 4.69) is 36.9 Å². The largest absolute Gasteiger partial charge is 0.176 e. The molecule has 0 heterocycles. The van der Waals surface area contributed by atoms with E-state index in [1.807, 2.05) is 0 Å². The van der Waals surface area contributed by atoms with Crippen molar-refractivity contribution in [3.63, 3.8) is 0 Å². The van der Waals surface area contributed by atoms with E-state index in [0.29, 0.717) is 5.25 Å². The molecule has 0 aliphatic heterocycles. The summed E-state index contributed by atoms with van der Waals surface area (Å²) in [5, 5.41) is 0.579. The molecule has 1 atom stereocenters. The monoisotopic (exact) mass is 280 g/mol. The average Bonchev–Trinajstić information content (AvgIpc) is 2.41. The maximum atomic E-state index is 4.68. The predicted octanol–water partition coefficient (Wildman–Crippen LogP) is 6.48. The Morgan fingerprint density at radius 2 is 1.05 bits per heavy atom. The fourth-order valence-corrected chi connectivity index (χ4v) is 2.90. The number of allylic oxidation sites excluding steroid dienone is 4. The summed E-state index contributed by atoms with van der Waals surface area (Å²) in [6.07, 6.45) is 26.8. The Kier molecular flexibility index (Phi) is 11.4. The Bertz CT molecular complexity index is 242. The standard InChI is InChI=1S/C18H32S/c19-18-16-14-12-10-8-6-4-2-1-3-5-7-9-11-13-15-17-18/h2,4,13,15,18-19H,1,3,5-12,14,16-17H2/b4-2+,15-13-. The zero-order valence-electron chi connectivity index (χ0n) is 12.5. The summed E-state index contributed by atoms with van der Waals surface area (Å²) in [4.78, 5) is 0. The third kappa shape index (κ3) is 11.4. The topological polar surface area (TPSA) is 0 Å². The molecule has 0 saturated carbocycles. The second-order valence-electron chi connectivity index (χ2n) is 5.82. The Morgan fingerprint density at radius 3 is 1.63 bits per heavy atom. The van der Waals surface area contributed by atoms with Crippen molar-refractivity contribution < 1.29 is 0 Å². The summed E-state index contributed by atoms with van der Waals surface area (Å²) in [6.45, 7) is 0. The highest BCUT2D eigenvalue weighted by atomic mass is 32.1. The van der Waals surface area contributed by atoms with Gasteiger partial charge in [-0.25, -0.2) is 0 Å². The van der Waals surface area contributed by atoms with Crippen LogP contribution in [0, 0.1) is 0 Å². The van der Waals surface area contributed by atoms with Crippen LogP contribution in [0.25, 0.3) is 0 Å². The van der Waals surface area contributed by atoms with E-state index in [1.165, 1.54) is 77.0 Å². The molecule has 0 amide bonds. The molecule has 1 unspecified atom stereocenters. The number of hydrogen-bond donors (Lipinski definition) is 1. The van der Waals surface area contributed by atoms with Crippen molar-refractivity contribution >= 4 is 12.6 Å². The van der Waals surface area contributed by atoms with Crippen LogP contribution in [0.4, 0.5) is 0 Å². The van der Waals surface area contributed by atoms with E-state index >= 15 is 0 Å². The van der Waals surface area contributed by atoms with Gasteiger partial charge in [-0.2, -0.15) is 12.6 Å². The number of rotatable bonds is 0. The van der Waals surface area contributed by atoms with Gasteiger partial charge in [-0.1, -0.05) is 56.4 Å². The third-order valence-corrected chi connectivity index (χ3v) is 4.36. The fraction of sp³-hybridized carbons (Fsp3) is 0.778. The van der Waals surface area contributed by atoms with Crippen LogP contribution in [0.2, 0.25) is 0 Å². The highest BCUT2D eigenvalue weighted by molar-refractivity contribution is 7.80. The SMILES string of the molecule is SC1C/C=C\CCCCCC/C=C/CCCCCC1. The van der Waals surface area contributed by atoms with Gasteiger partial charge in [0.1, 0.15) is 0 Å². The first-order valence-electron chi connectivity index (χ1n) is 8.37. The zero-order chi connectivity index (χ0) is 13.6. The van der Waals surface area contributed by atoms with E-state index in [0.717, 1.165) is 6.42 Å². The molecule has 0 N–H and O–H groups in total. The molecular weight excluding hydrogens is 248 g/mol. The van der Waals surface area contributed by atoms with Gasteiger partial charge in [0.15, 0.2) is 0 Å². The van der Waals surface area contributed by atoms with Crippen LogP contribution in [0.3, 0.4) is 0 Å². The molecule has 1 heteroatoms. The molecular formula is C18H32S. The van der Waals surface area contributed by atoms with Crippen molar-refractivity contribution in [2.45, 2.75) is 88.7 Å². The van der Waals surface area contributed by atoms with Crippen molar-refractivity contribution in [1.82, 2.24) is 0 Å². The van der Waals surface area contributed by atoms with Crippen molar-refractivity contribution in [2.75, 3.05) is 0 Å². The second-order valence-corrected chi connectivity index (χ2v) is 6.55. The van der Waals surface area contributed by atoms with Gasteiger partial charge in [-0.15, -0.1) is 0 Å². The summed E-state index contributed by atoms with van der Waals surface area (Å²) in [6, 6.07) is 0. The Balaban J connectivity index is 2.20. The Hall–Kier alpha value is -0.170. The molecule has 110 valence electrons. The molecule has 0 nitrogen and oxygen atoms in total. The highest BCUT2D eigenvalue weighted by Gasteiger charge is 2.00.